The molecule has 0 unspecified atom stereocenters. The van der Waals surface area contributed by atoms with Gasteiger partial charge in [-0.25, -0.2) is 0 Å². The molecular weight excluding hydrogens is 220 g/mol. The van der Waals surface area contributed by atoms with Gasteiger partial charge in [-0.2, -0.15) is 0 Å². The molecule has 2 aliphatic rings. The molecular formula is C17H30O. The number of carbonyl (C=O) groups excluding carboxylic acids is 1. The summed E-state index contributed by atoms with van der Waals surface area (Å²) < 4.78 is 0. The summed E-state index contributed by atoms with van der Waals surface area (Å²) in [6.45, 7) is 2.20. The summed E-state index contributed by atoms with van der Waals surface area (Å²) in [5, 5.41) is 0. The van der Waals surface area contributed by atoms with E-state index < -0.39 is 0 Å². The van der Waals surface area contributed by atoms with E-state index in [0.717, 1.165) is 25.2 Å². The molecule has 0 saturated heterocycles. The van der Waals surface area contributed by atoms with Crippen molar-refractivity contribution in [1.29, 1.82) is 0 Å². The van der Waals surface area contributed by atoms with Crippen LogP contribution >= 0.6 is 0 Å². The van der Waals surface area contributed by atoms with Gasteiger partial charge in [0.05, 0.1) is 0 Å². The molecule has 18 heavy (non-hydrogen) atoms. The Kier molecular flexibility index (Phi) is 5.26. The lowest BCUT2D eigenvalue weighted by Crippen LogP contribution is -2.41. The van der Waals surface area contributed by atoms with Crippen LogP contribution in [0.2, 0.25) is 0 Å². The van der Waals surface area contributed by atoms with Crippen LogP contribution in [0.25, 0.3) is 0 Å². The van der Waals surface area contributed by atoms with Crippen molar-refractivity contribution in [2.75, 3.05) is 0 Å². The molecule has 0 amide bonds. The molecule has 2 aliphatic carbocycles. The molecule has 0 aliphatic heterocycles. The van der Waals surface area contributed by atoms with Crippen molar-refractivity contribution in [3.63, 3.8) is 0 Å². The number of ketones is 1. The van der Waals surface area contributed by atoms with Gasteiger partial charge in [-0.15, -0.1) is 0 Å². The lowest BCUT2D eigenvalue weighted by atomic mass is 9.59. The van der Waals surface area contributed by atoms with Crippen LogP contribution in [0.15, 0.2) is 0 Å². The third-order valence-corrected chi connectivity index (χ3v) is 5.45. The highest BCUT2D eigenvalue weighted by Gasteiger charge is 2.44. The fourth-order valence-electron chi connectivity index (χ4n) is 4.34. The monoisotopic (exact) mass is 250 g/mol. The Hall–Kier alpha value is -0.330. The Labute approximate surface area is 113 Å². The van der Waals surface area contributed by atoms with E-state index in [4.69, 9.17) is 0 Å². The predicted octanol–water partition coefficient (Wildman–Crippen LogP) is 5.28. The van der Waals surface area contributed by atoms with Gasteiger partial charge >= 0.3 is 0 Å². The lowest BCUT2D eigenvalue weighted by Gasteiger charge is -2.44. The van der Waals surface area contributed by atoms with Crippen molar-refractivity contribution < 1.29 is 4.79 Å². The van der Waals surface area contributed by atoms with Crippen molar-refractivity contribution in [1.82, 2.24) is 0 Å². The first-order valence-corrected chi connectivity index (χ1v) is 8.33. The minimum Gasteiger partial charge on any atom is -0.299 e. The van der Waals surface area contributed by atoms with Crippen LogP contribution in [-0.4, -0.2) is 5.78 Å². The highest BCUT2D eigenvalue weighted by atomic mass is 16.1. The molecule has 0 N–H and O–H groups in total. The minimum absolute atomic E-state index is 0.119. The van der Waals surface area contributed by atoms with Gasteiger partial charge in [0.25, 0.3) is 0 Å². The Morgan fingerprint density at radius 2 is 1.61 bits per heavy atom. The van der Waals surface area contributed by atoms with Crippen LogP contribution in [0.1, 0.15) is 90.4 Å². The maximum atomic E-state index is 12.8. The molecule has 0 aromatic carbocycles. The molecule has 0 aromatic heterocycles. The summed E-state index contributed by atoms with van der Waals surface area (Å²) in [6.07, 6.45) is 16.3. The number of Topliss-reactive ketones (excluding diaryl/α,β-unsaturated/α-hetero) is 1. The van der Waals surface area contributed by atoms with E-state index in [1.807, 2.05) is 0 Å². The number of hydrogen-bond donors (Lipinski definition) is 0. The van der Waals surface area contributed by atoms with Gasteiger partial charge in [0.15, 0.2) is 0 Å². The standard InChI is InChI=1S/C17H30O/c1-2-3-12-16(18)17(13-8-5-9-14-17)15-10-6-4-7-11-15/h15H,2-14H2,1H3. The first kappa shape index (κ1) is 14.1. The average Bonchev–Trinajstić information content (AvgIpc) is 2.46. The van der Waals surface area contributed by atoms with Gasteiger partial charge in [0.1, 0.15) is 5.78 Å². The molecule has 2 saturated carbocycles. The van der Waals surface area contributed by atoms with Crippen LogP contribution in [0.4, 0.5) is 0 Å². The van der Waals surface area contributed by atoms with Crippen LogP contribution in [0, 0.1) is 11.3 Å². The molecule has 0 atom stereocenters. The molecule has 0 bridgehead atoms. The van der Waals surface area contributed by atoms with E-state index in [9.17, 15) is 4.79 Å². The fraction of sp³-hybridized carbons (Fsp3) is 0.941. The topological polar surface area (TPSA) is 17.1 Å². The third kappa shape index (κ3) is 2.97. The predicted molar refractivity (Wildman–Crippen MR) is 76.6 cm³/mol. The lowest BCUT2D eigenvalue weighted by molar-refractivity contribution is -0.135. The van der Waals surface area contributed by atoms with Crippen LogP contribution in [0.5, 0.6) is 0 Å². The van der Waals surface area contributed by atoms with E-state index in [1.165, 1.54) is 64.2 Å². The second-order valence-corrected chi connectivity index (χ2v) is 6.58. The highest BCUT2D eigenvalue weighted by molar-refractivity contribution is 5.85. The number of carbonyl (C=O) groups is 1. The molecule has 104 valence electrons. The van der Waals surface area contributed by atoms with E-state index in [-0.39, 0.29) is 5.41 Å². The molecule has 2 fully saturated rings. The SMILES string of the molecule is CCCCC(=O)C1(C2CCCCC2)CCCCC1. The van der Waals surface area contributed by atoms with Crippen molar-refractivity contribution >= 4 is 5.78 Å². The van der Waals surface area contributed by atoms with Crippen LogP contribution in [0.3, 0.4) is 0 Å². The van der Waals surface area contributed by atoms with Crippen LogP contribution < -0.4 is 0 Å². The average molecular weight is 250 g/mol. The highest BCUT2D eigenvalue weighted by Crippen LogP contribution is 2.49. The third-order valence-electron chi connectivity index (χ3n) is 5.45. The Bertz CT molecular complexity index is 257. The van der Waals surface area contributed by atoms with Gasteiger partial charge < -0.3 is 0 Å². The van der Waals surface area contributed by atoms with Crippen molar-refractivity contribution in [2.24, 2.45) is 11.3 Å². The smallest absolute Gasteiger partial charge is 0.139 e. The first-order valence-electron chi connectivity index (χ1n) is 8.33. The molecule has 0 aromatic rings. The summed E-state index contributed by atoms with van der Waals surface area (Å²) in [7, 11) is 0. The Morgan fingerprint density at radius 3 is 2.22 bits per heavy atom. The van der Waals surface area contributed by atoms with Crippen molar-refractivity contribution in [3.8, 4) is 0 Å². The Morgan fingerprint density at radius 1 is 1.00 bits per heavy atom. The quantitative estimate of drug-likeness (QED) is 0.649. The largest absolute Gasteiger partial charge is 0.299 e. The summed E-state index contributed by atoms with van der Waals surface area (Å²) in [6, 6.07) is 0. The normalized spacial score (nSPS) is 24.9. The van der Waals surface area contributed by atoms with Gasteiger partial charge in [0.2, 0.25) is 0 Å². The van der Waals surface area contributed by atoms with Crippen molar-refractivity contribution in [3.05, 3.63) is 0 Å². The summed E-state index contributed by atoms with van der Waals surface area (Å²) >= 11 is 0. The van der Waals surface area contributed by atoms with Gasteiger partial charge in [-0.3, -0.25) is 4.79 Å². The molecule has 0 spiro atoms. The summed E-state index contributed by atoms with van der Waals surface area (Å²) in [4.78, 5) is 12.8. The molecule has 0 heterocycles. The molecule has 0 radical (unpaired) electrons. The summed E-state index contributed by atoms with van der Waals surface area (Å²) in [5.74, 6) is 1.37. The maximum absolute atomic E-state index is 12.8. The zero-order valence-corrected chi connectivity index (χ0v) is 12.2. The van der Waals surface area contributed by atoms with E-state index in [1.54, 1.807) is 0 Å². The number of rotatable bonds is 5. The van der Waals surface area contributed by atoms with E-state index >= 15 is 0 Å². The summed E-state index contributed by atoms with van der Waals surface area (Å²) in [5.41, 5.74) is 0.119. The minimum atomic E-state index is 0.119. The second-order valence-electron chi connectivity index (χ2n) is 6.58. The van der Waals surface area contributed by atoms with Gasteiger partial charge in [0, 0.05) is 11.8 Å². The van der Waals surface area contributed by atoms with Crippen LogP contribution in [-0.2, 0) is 4.79 Å². The zero-order valence-electron chi connectivity index (χ0n) is 12.2. The van der Waals surface area contributed by atoms with E-state index in [2.05, 4.69) is 6.92 Å². The maximum Gasteiger partial charge on any atom is 0.139 e. The zero-order chi connectivity index (χ0) is 12.8. The Balaban J connectivity index is 2.08. The van der Waals surface area contributed by atoms with Gasteiger partial charge in [-0.1, -0.05) is 51.9 Å². The van der Waals surface area contributed by atoms with Gasteiger partial charge in [-0.05, 0) is 38.0 Å². The molecule has 1 heteroatoms. The molecule has 1 nitrogen and oxygen atoms in total. The van der Waals surface area contributed by atoms with Crippen molar-refractivity contribution in [2.45, 2.75) is 90.4 Å². The molecule has 2 rings (SSSR count). The fourth-order valence-corrected chi connectivity index (χ4v) is 4.34. The number of hydrogen-bond acceptors (Lipinski definition) is 1. The first-order chi connectivity index (χ1) is 8.79. The number of unbranched alkanes of at least 4 members (excludes halogenated alkanes) is 1. The van der Waals surface area contributed by atoms with E-state index in [0.29, 0.717) is 5.78 Å². The second kappa shape index (κ2) is 6.73.